The topological polar surface area (TPSA) is 127 Å². The monoisotopic (exact) mass is 651 g/mol. The molecule has 1 amide bonds. The highest BCUT2D eigenvalue weighted by Gasteiger charge is 2.44. The van der Waals surface area contributed by atoms with Gasteiger partial charge in [0.15, 0.2) is 0 Å². The first-order chi connectivity index (χ1) is 22.2. The van der Waals surface area contributed by atoms with E-state index in [9.17, 15) is 4.79 Å². The number of nitrogens with zero attached hydrogens (tertiary/aromatic N) is 4. The Hall–Kier alpha value is -3.65. The van der Waals surface area contributed by atoms with Crippen molar-refractivity contribution in [3.8, 4) is 22.7 Å². The Morgan fingerprint density at radius 2 is 1.89 bits per heavy atom. The molecule has 0 spiro atoms. The molecule has 13 heteroatoms. The summed E-state index contributed by atoms with van der Waals surface area (Å²) in [5.41, 5.74) is 1.47. The van der Waals surface area contributed by atoms with Crippen molar-refractivity contribution in [2.45, 2.75) is 88.7 Å². The zero-order valence-electron chi connectivity index (χ0n) is 26.7. The van der Waals surface area contributed by atoms with E-state index in [1.54, 1.807) is 24.4 Å². The molecule has 2 aliphatic heterocycles. The summed E-state index contributed by atoms with van der Waals surface area (Å²) in [6, 6.07) is 7.69. The van der Waals surface area contributed by atoms with Gasteiger partial charge < -0.3 is 33.0 Å². The smallest absolute Gasteiger partial charge is 0.225 e. The molecule has 5 heterocycles. The highest BCUT2D eigenvalue weighted by Crippen LogP contribution is 2.40. The van der Waals surface area contributed by atoms with Gasteiger partial charge in [0.2, 0.25) is 17.6 Å². The van der Waals surface area contributed by atoms with Gasteiger partial charge in [-0.2, -0.15) is 0 Å². The van der Waals surface area contributed by atoms with Crippen LogP contribution in [0.2, 0.25) is 25.7 Å². The van der Waals surface area contributed by atoms with Gasteiger partial charge in [-0.1, -0.05) is 37.6 Å². The molecule has 0 bridgehead atoms. The van der Waals surface area contributed by atoms with E-state index in [-0.39, 0.29) is 12.6 Å². The SMILES string of the molecule is C[Si](C)(C)CCOCn1c(-c2ccc(-c3ncco3)cc2F)cnc1[C@]1(CCCCCC2(c3ccon3)OCCO2)CCC(=O)N1. The Balaban J connectivity index is 1.23. The van der Waals surface area contributed by atoms with E-state index in [0.717, 1.165) is 25.3 Å². The summed E-state index contributed by atoms with van der Waals surface area (Å²) in [6.07, 6.45) is 11.0. The van der Waals surface area contributed by atoms with E-state index >= 15 is 4.39 Å². The number of halogens is 1. The highest BCUT2D eigenvalue weighted by molar-refractivity contribution is 6.76. The van der Waals surface area contributed by atoms with Crippen molar-refractivity contribution in [1.82, 2.24) is 25.0 Å². The minimum Gasteiger partial charge on any atom is -0.445 e. The molecular formula is C33H42FN5O6Si. The van der Waals surface area contributed by atoms with Gasteiger partial charge in [-0.3, -0.25) is 4.79 Å². The summed E-state index contributed by atoms with van der Waals surface area (Å²) in [7, 11) is -1.33. The molecule has 4 aromatic rings. The highest BCUT2D eigenvalue weighted by atomic mass is 28.3. The number of amides is 1. The van der Waals surface area contributed by atoms with Crippen LogP contribution in [0.25, 0.3) is 22.7 Å². The summed E-state index contributed by atoms with van der Waals surface area (Å²) < 4.78 is 46.2. The van der Waals surface area contributed by atoms with E-state index in [1.165, 1.54) is 24.8 Å². The summed E-state index contributed by atoms with van der Waals surface area (Å²) in [4.78, 5) is 21.7. The first kappa shape index (κ1) is 32.3. The maximum Gasteiger partial charge on any atom is 0.225 e. The maximum absolute atomic E-state index is 15.7. The number of unbranched alkanes of at least 4 members (excludes halogenated alkanes) is 2. The Bertz CT molecular complexity index is 1600. The number of rotatable bonds is 15. The Morgan fingerprint density at radius 3 is 2.57 bits per heavy atom. The van der Waals surface area contributed by atoms with Crippen LogP contribution in [0.3, 0.4) is 0 Å². The number of hydrogen-bond donors (Lipinski definition) is 1. The van der Waals surface area contributed by atoms with E-state index in [2.05, 4.69) is 35.1 Å². The number of carbonyl (C=O) groups is 1. The van der Waals surface area contributed by atoms with Crippen LogP contribution in [0.4, 0.5) is 4.39 Å². The van der Waals surface area contributed by atoms with Gasteiger partial charge in [-0.05, 0) is 43.5 Å². The summed E-state index contributed by atoms with van der Waals surface area (Å²) in [5, 5.41) is 7.32. The first-order valence-corrected chi connectivity index (χ1v) is 19.7. The van der Waals surface area contributed by atoms with Gasteiger partial charge in [0.1, 0.15) is 36.6 Å². The van der Waals surface area contributed by atoms with Crippen molar-refractivity contribution in [3.63, 3.8) is 0 Å². The van der Waals surface area contributed by atoms with Crippen molar-refractivity contribution in [2.24, 2.45) is 0 Å². The number of ether oxygens (including phenoxy) is 3. The van der Waals surface area contributed by atoms with Crippen LogP contribution in [0.5, 0.6) is 0 Å². The zero-order valence-corrected chi connectivity index (χ0v) is 27.7. The molecule has 0 radical (unpaired) electrons. The Kier molecular flexibility index (Phi) is 9.55. The fourth-order valence-corrected chi connectivity index (χ4v) is 7.05. The summed E-state index contributed by atoms with van der Waals surface area (Å²) >= 11 is 0. The van der Waals surface area contributed by atoms with Gasteiger partial charge in [0, 0.05) is 44.7 Å². The summed E-state index contributed by atoms with van der Waals surface area (Å²) in [6.45, 7) is 8.72. The fraction of sp³-hybridized carbons (Fsp3) is 0.515. The molecule has 1 atom stereocenters. The lowest BCUT2D eigenvalue weighted by atomic mass is 9.89. The lowest BCUT2D eigenvalue weighted by Crippen LogP contribution is -2.41. The molecule has 6 rings (SSSR count). The molecular weight excluding hydrogens is 609 g/mol. The third kappa shape index (κ3) is 7.02. The molecule has 2 saturated heterocycles. The molecule has 0 aliphatic carbocycles. The second-order valence-electron chi connectivity index (χ2n) is 13.3. The summed E-state index contributed by atoms with van der Waals surface area (Å²) in [5.74, 6) is -0.293. The normalized spacial score (nSPS) is 19.6. The van der Waals surface area contributed by atoms with Crippen LogP contribution in [-0.2, 0) is 37.1 Å². The molecule has 2 fully saturated rings. The number of hydrogen-bond acceptors (Lipinski definition) is 9. The second kappa shape index (κ2) is 13.6. The number of aromatic nitrogens is 4. The predicted octanol–water partition coefficient (Wildman–Crippen LogP) is 6.60. The van der Waals surface area contributed by atoms with Gasteiger partial charge >= 0.3 is 0 Å². The molecule has 11 nitrogen and oxygen atoms in total. The van der Waals surface area contributed by atoms with E-state index in [0.29, 0.717) is 79.7 Å². The Morgan fingerprint density at radius 1 is 1.07 bits per heavy atom. The van der Waals surface area contributed by atoms with Crippen molar-refractivity contribution in [2.75, 3.05) is 19.8 Å². The first-order valence-electron chi connectivity index (χ1n) is 16.0. The van der Waals surface area contributed by atoms with Gasteiger partial charge in [0.25, 0.3) is 0 Å². The number of carbonyl (C=O) groups excluding carboxylic acids is 1. The Labute approximate surface area is 268 Å². The van der Waals surface area contributed by atoms with E-state index in [1.807, 2.05) is 4.57 Å². The maximum atomic E-state index is 15.7. The van der Waals surface area contributed by atoms with Crippen LogP contribution in [0.15, 0.2) is 58.1 Å². The number of benzene rings is 1. The zero-order chi connectivity index (χ0) is 32.2. The fourth-order valence-electron chi connectivity index (χ4n) is 6.29. The van der Waals surface area contributed by atoms with Gasteiger partial charge in [-0.25, -0.2) is 14.4 Å². The van der Waals surface area contributed by atoms with Crippen molar-refractivity contribution >= 4 is 14.0 Å². The molecule has 246 valence electrons. The van der Waals surface area contributed by atoms with Crippen LogP contribution in [0, 0.1) is 5.82 Å². The molecule has 0 unspecified atom stereocenters. The molecule has 1 N–H and O–H groups in total. The van der Waals surface area contributed by atoms with E-state index < -0.39 is 25.2 Å². The van der Waals surface area contributed by atoms with Gasteiger partial charge in [-0.15, -0.1) is 0 Å². The molecule has 46 heavy (non-hydrogen) atoms. The quantitative estimate of drug-likeness (QED) is 0.112. The molecule has 2 aliphatic rings. The molecule has 3 aromatic heterocycles. The molecule has 1 aromatic carbocycles. The minimum atomic E-state index is -1.33. The molecule has 0 saturated carbocycles. The van der Waals surface area contributed by atoms with Crippen molar-refractivity contribution < 1.29 is 32.3 Å². The third-order valence-electron chi connectivity index (χ3n) is 8.77. The average molecular weight is 652 g/mol. The third-order valence-corrected chi connectivity index (χ3v) is 10.5. The van der Waals surface area contributed by atoms with Crippen molar-refractivity contribution in [3.05, 3.63) is 66.5 Å². The second-order valence-corrected chi connectivity index (χ2v) is 18.9. The largest absolute Gasteiger partial charge is 0.445 e. The predicted molar refractivity (Wildman–Crippen MR) is 169 cm³/mol. The lowest BCUT2D eigenvalue weighted by molar-refractivity contribution is -0.176. The van der Waals surface area contributed by atoms with Gasteiger partial charge in [0.05, 0.1) is 36.8 Å². The lowest BCUT2D eigenvalue weighted by Gasteiger charge is -2.30. The van der Waals surface area contributed by atoms with Crippen molar-refractivity contribution in [1.29, 1.82) is 0 Å². The van der Waals surface area contributed by atoms with Crippen LogP contribution in [0.1, 0.15) is 56.5 Å². The van der Waals surface area contributed by atoms with E-state index in [4.69, 9.17) is 28.1 Å². The number of nitrogens with one attached hydrogen (secondary N) is 1. The number of oxazole rings is 1. The average Bonchev–Trinajstić information content (AvgIpc) is 3.86. The van der Waals surface area contributed by atoms with Crippen LogP contribution in [-0.4, -0.2) is 53.5 Å². The standard InChI is InChI=1S/C33H42FN5O6Si/c1-46(2,3)20-19-41-23-39-27(25-8-7-24(21-26(25)34)30-35-14-16-42-30)22-36-31(39)32(13-9-29(40)37-32)11-5-4-6-12-33(43-17-18-44-33)28-10-15-45-38-28/h7-8,10,14-16,21-22H,4-6,9,11-13,17-20,23H2,1-3H3,(H,37,40)/t32-/m0/s1. The van der Waals surface area contributed by atoms with Crippen LogP contribution >= 0.6 is 0 Å². The number of imidazole rings is 1. The van der Waals surface area contributed by atoms with Crippen LogP contribution < -0.4 is 5.32 Å². The minimum absolute atomic E-state index is 0.0185.